The zero-order valence-electron chi connectivity index (χ0n) is 33.7. The van der Waals surface area contributed by atoms with Crippen LogP contribution in [0.5, 0.6) is 0 Å². The van der Waals surface area contributed by atoms with Gasteiger partial charge in [0.05, 0.1) is 50.3 Å². The zero-order valence-corrected chi connectivity index (χ0v) is 37.2. The van der Waals surface area contributed by atoms with Crippen LogP contribution in [-0.4, -0.2) is 113 Å². The molecule has 8 heterocycles. The van der Waals surface area contributed by atoms with Crippen molar-refractivity contribution in [3.05, 3.63) is 57.9 Å². The third-order valence-electron chi connectivity index (χ3n) is 10.4. The second kappa shape index (κ2) is 17.3. The molecule has 0 bridgehead atoms. The van der Waals surface area contributed by atoms with Gasteiger partial charge in [-0.15, -0.1) is 0 Å². The summed E-state index contributed by atoms with van der Waals surface area (Å²) in [5.74, 6) is 0.586. The van der Waals surface area contributed by atoms with Gasteiger partial charge in [0.1, 0.15) is 54.4 Å². The average molecular weight is 941 g/mol. The van der Waals surface area contributed by atoms with Gasteiger partial charge in [0.15, 0.2) is 22.6 Å². The number of fused-ring (bicyclic) bond motifs is 2. The third-order valence-corrected chi connectivity index (χ3v) is 13.6. The van der Waals surface area contributed by atoms with Gasteiger partial charge in [0, 0.05) is 25.5 Å². The lowest BCUT2D eigenvalue weighted by molar-refractivity contribution is -0.0532. The molecular weight excluding hydrogens is 895 g/mol. The summed E-state index contributed by atoms with van der Waals surface area (Å²) in [4.78, 5) is 75.6. The van der Waals surface area contributed by atoms with Crippen LogP contribution in [-0.2, 0) is 55.9 Å². The van der Waals surface area contributed by atoms with Crippen molar-refractivity contribution in [3.63, 3.8) is 0 Å². The Morgan fingerprint density at radius 1 is 0.823 bits per heavy atom. The predicted octanol–water partition coefficient (Wildman–Crippen LogP) is 1.59. The van der Waals surface area contributed by atoms with E-state index in [1.54, 1.807) is 17.8 Å². The Hall–Kier alpha value is -3.72. The number of ether oxygens (including phenoxy) is 3. The first-order valence-electron chi connectivity index (χ1n) is 19.4. The standard InChI is InChI=1S/C34H46N12O12P2S2/c1-16-41-31-28(32(48)42-16)40-15-46(31)26-9-19(58-59(50,61)52-11-21-17(47)7-24(55-21)44-6-5-23(35)43-33(44)49)22(56-26)12-53-60(51,62)57-18-8-25(54-20(18)10-34(2,3)4)45-14-39-27-29(36)37-13-38-30(27)45/h5-6,13-15,17-22,24-26,47H,7-12H2,1-4H3,(H,50,61)(H,51,62)(H2,35,43,49)(H2,36,37,38)(H,41,42,48)/t17?,18?,19?,20-,21-,22-,24-,25-,26-,59?,60?/m1/s1. The molecule has 0 aromatic carbocycles. The van der Waals surface area contributed by atoms with Gasteiger partial charge in [-0.25, -0.2) is 29.7 Å². The Labute approximate surface area is 362 Å². The molecule has 8 rings (SSSR count). The molecule has 28 heteroatoms. The number of nitrogen functional groups attached to an aromatic ring is 2. The normalized spacial score (nSPS) is 28.8. The minimum atomic E-state index is -4.14. The minimum Gasteiger partial charge on any atom is -0.390 e. The van der Waals surface area contributed by atoms with Crippen LogP contribution in [0, 0.1) is 12.3 Å². The molecule has 3 saturated heterocycles. The van der Waals surface area contributed by atoms with Gasteiger partial charge in [0.25, 0.3) is 5.56 Å². The van der Waals surface area contributed by atoms with Gasteiger partial charge < -0.3 is 63.7 Å². The molecule has 5 aromatic heterocycles. The van der Waals surface area contributed by atoms with Gasteiger partial charge in [-0.3, -0.25) is 18.5 Å². The number of imidazole rings is 2. The Bertz CT molecular complexity index is 2680. The number of aliphatic hydroxyl groups is 1. The molecule has 5 aromatic rings. The molecule has 3 aliphatic rings. The highest BCUT2D eigenvalue weighted by molar-refractivity contribution is 8.07. The summed E-state index contributed by atoms with van der Waals surface area (Å²) in [6, 6.07) is 1.42. The fourth-order valence-electron chi connectivity index (χ4n) is 7.65. The molecule has 0 saturated carbocycles. The number of rotatable bonds is 14. The van der Waals surface area contributed by atoms with Crippen molar-refractivity contribution >= 4 is 71.0 Å². The molecular formula is C34H46N12O12P2S2. The van der Waals surface area contributed by atoms with E-state index in [2.05, 4.69) is 34.9 Å². The number of anilines is 2. The van der Waals surface area contributed by atoms with E-state index in [1.165, 1.54) is 34.1 Å². The highest BCUT2D eigenvalue weighted by atomic mass is 32.5. The maximum absolute atomic E-state index is 12.6. The number of hydrogen-bond donors (Lipinski definition) is 6. The van der Waals surface area contributed by atoms with Crippen LogP contribution in [0.1, 0.15) is 71.0 Å². The first kappa shape index (κ1) is 44.9. The van der Waals surface area contributed by atoms with Crippen LogP contribution < -0.4 is 22.7 Å². The molecule has 3 fully saturated rings. The van der Waals surface area contributed by atoms with E-state index < -0.39 is 93.2 Å². The van der Waals surface area contributed by atoms with Gasteiger partial charge >= 0.3 is 19.1 Å². The van der Waals surface area contributed by atoms with Gasteiger partial charge in [-0.2, -0.15) is 4.98 Å². The second-order valence-corrected chi connectivity index (χ2v) is 21.9. The van der Waals surface area contributed by atoms with Crippen molar-refractivity contribution in [2.24, 2.45) is 5.41 Å². The molecule has 24 nitrogen and oxygen atoms in total. The fraction of sp³-hybridized carbons (Fsp3) is 0.588. The average Bonchev–Trinajstić information content (AvgIpc) is 4.01. The number of aliphatic hydroxyl groups excluding tert-OH is 1. The quantitative estimate of drug-likeness (QED) is 0.0861. The number of H-pyrrole nitrogens is 1. The molecule has 0 aliphatic carbocycles. The number of nitrogens with one attached hydrogen (secondary N) is 1. The lowest BCUT2D eigenvalue weighted by atomic mass is 9.87. The van der Waals surface area contributed by atoms with Crippen molar-refractivity contribution in [1.29, 1.82) is 0 Å². The Balaban J connectivity index is 0.975. The summed E-state index contributed by atoms with van der Waals surface area (Å²) in [7, 11) is 0. The summed E-state index contributed by atoms with van der Waals surface area (Å²) in [5.41, 5.74) is 11.5. The summed E-state index contributed by atoms with van der Waals surface area (Å²) in [6.45, 7) is -1.24. The third kappa shape index (κ3) is 9.83. The first-order chi connectivity index (χ1) is 29.2. The molecule has 3 aliphatic heterocycles. The highest BCUT2D eigenvalue weighted by Crippen LogP contribution is 2.53. The fourth-order valence-corrected chi connectivity index (χ4v) is 10.6. The maximum Gasteiger partial charge on any atom is 0.351 e. The van der Waals surface area contributed by atoms with Crippen molar-refractivity contribution < 1.29 is 47.2 Å². The van der Waals surface area contributed by atoms with E-state index in [-0.39, 0.29) is 47.5 Å². The van der Waals surface area contributed by atoms with E-state index in [0.29, 0.717) is 23.4 Å². The van der Waals surface area contributed by atoms with E-state index in [0.717, 1.165) is 0 Å². The molecule has 0 amide bonds. The van der Waals surface area contributed by atoms with Crippen molar-refractivity contribution in [1.82, 2.24) is 48.6 Å². The van der Waals surface area contributed by atoms with Crippen LogP contribution in [0.15, 0.2) is 40.8 Å². The van der Waals surface area contributed by atoms with Crippen LogP contribution >= 0.6 is 13.4 Å². The molecule has 0 spiro atoms. The number of aromatic nitrogens is 10. The zero-order chi connectivity index (χ0) is 44.3. The first-order valence-corrected chi connectivity index (χ1v) is 24.6. The van der Waals surface area contributed by atoms with E-state index in [4.69, 9.17) is 67.4 Å². The van der Waals surface area contributed by atoms with E-state index >= 15 is 0 Å². The lowest BCUT2D eigenvalue weighted by Gasteiger charge is -2.29. The monoisotopic (exact) mass is 940 g/mol. The molecule has 0 radical (unpaired) electrons. The van der Waals surface area contributed by atoms with E-state index in [9.17, 15) is 24.5 Å². The van der Waals surface area contributed by atoms with E-state index in [1.807, 2.05) is 20.8 Å². The van der Waals surface area contributed by atoms with Gasteiger partial charge in [-0.05, 0) is 48.4 Å². The Morgan fingerprint density at radius 3 is 2.06 bits per heavy atom. The number of nitrogens with two attached hydrogens (primary N) is 2. The van der Waals surface area contributed by atoms with Crippen molar-refractivity contribution in [2.75, 3.05) is 24.7 Å². The molecule has 62 heavy (non-hydrogen) atoms. The minimum absolute atomic E-state index is 0.0148. The van der Waals surface area contributed by atoms with Crippen LogP contribution in [0.25, 0.3) is 22.3 Å². The van der Waals surface area contributed by atoms with Crippen LogP contribution in [0.2, 0.25) is 0 Å². The van der Waals surface area contributed by atoms with Crippen LogP contribution in [0.4, 0.5) is 11.6 Å². The Kier molecular flexibility index (Phi) is 12.6. The summed E-state index contributed by atoms with van der Waals surface area (Å²) >= 11 is 11.0. The lowest BCUT2D eigenvalue weighted by Crippen LogP contribution is -2.31. The Morgan fingerprint density at radius 2 is 1.40 bits per heavy atom. The molecule has 11 atom stereocenters. The molecule has 5 unspecified atom stereocenters. The smallest absolute Gasteiger partial charge is 0.351 e. The summed E-state index contributed by atoms with van der Waals surface area (Å²) in [6.07, 6.45) is -1.32. The van der Waals surface area contributed by atoms with Crippen molar-refractivity contribution in [2.45, 2.75) is 109 Å². The number of aryl methyl sites for hydroxylation is 1. The van der Waals surface area contributed by atoms with Crippen molar-refractivity contribution in [3.8, 4) is 0 Å². The predicted molar refractivity (Wildman–Crippen MR) is 226 cm³/mol. The maximum atomic E-state index is 12.6. The molecule has 336 valence electrons. The number of aromatic amines is 1. The highest BCUT2D eigenvalue weighted by Gasteiger charge is 2.45. The van der Waals surface area contributed by atoms with Gasteiger partial charge in [-0.1, -0.05) is 20.8 Å². The number of hydrogen-bond acceptors (Lipinski definition) is 20. The van der Waals surface area contributed by atoms with Crippen LogP contribution in [0.3, 0.4) is 0 Å². The van der Waals surface area contributed by atoms with Gasteiger partial charge in [0.2, 0.25) is 0 Å². The number of nitrogens with zero attached hydrogens (tertiary/aromatic N) is 9. The topological polar surface area (TPSA) is 319 Å². The second-order valence-electron chi connectivity index (χ2n) is 16.3. The summed E-state index contributed by atoms with van der Waals surface area (Å²) < 4.78 is 47.0. The molecule has 8 N–H and O–H groups in total. The SMILES string of the molecule is Cc1nc2c(ncn2[C@H]2CC(OP(O)(=S)OC[C@H]3O[C@@H](n4ccc(N)nc4=O)CC3O)[C@@H](COP(O)(=S)OC3C[C@H](n4cnc5c(N)ncnc54)O[C@@H]3CC(C)(C)C)O2)c(=O)[nH]1. The summed E-state index contributed by atoms with van der Waals surface area (Å²) in [5, 5.41) is 10.7. The largest absolute Gasteiger partial charge is 0.390 e.